The van der Waals surface area contributed by atoms with Crippen LogP contribution in [-0.2, 0) is 6.42 Å². The maximum Gasteiger partial charge on any atom is -0.00529 e. The van der Waals surface area contributed by atoms with Gasteiger partial charge in [0.25, 0.3) is 0 Å². The molecule has 0 heterocycles. The molecule has 3 aromatic carbocycles. The Hall–Kier alpha value is -2.34. The van der Waals surface area contributed by atoms with Crippen LogP contribution in [0.3, 0.4) is 0 Å². The van der Waals surface area contributed by atoms with E-state index >= 15 is 0 Å². The van der Waals surface area contributed by atoms with Gasteiger partial charge in [-0.3, -0.25) is 0 Å². The maximum absolute atomic E-state index is 5.99. The van der Waals surface area contributed by atoms with Gasteiger partial charge in [0, 0.05) is 0 Å². The van der Waals surface area contributed by atoms with Crippen molar-refractivity contribution in [2.24, 2.45) is 0 Å². The van der Waals surface area contributed by atoms with E-state index in [1.54, 1.807) is 0 Å². The average Bonchev–Trinajstić information content (AvgIpc) is 2.88. The van der Waals surface area contributed by atoms with Crippen molar-refractivity contribution in [1.82, 2.24) is 0 Å². The van der Waals surface area contributed by atoms with Gasteiger partial charge in [-0.25, -0.2) is 0 Å². The van der Waals surface area contributed by atoms with Crippen LogP contribution in [0.4, 0.5) is 0 Å². The fourth-order valence-corrected chi connectivity index (χ4v) is 2.98. The molecule has 0 saturated heterocycles. The highest BCUT2D eigenvalue weighted by Gasteiger charge is 2.13. The van der Waals surface area contributed by atoms with Crippen LogP contribution in [0.15, 0.2) is 66.2 Å². The van der Waals surface area contributed by atoms with Gasteiger partial charge in [0.1, 0.15) is 0 Å². The Kier molecular flexibility index (Phi) is 2.50. The summed E-state index contributed by atoms with van der Waals surface area (Å²) >= 11 is 0. The highest BCUT2D eigenvalue weighted by molar-refractivity contribution is 5.96. The van der Waals surface area contributed by atoms with E-state index in [0.29, 0.717) is 0 Å². The van der Waals surface area contributed by atoms with Crippen molar-refractivity contribution < 1.29 is 0 Å². The molecule has 20 heavy (non-hydrogen) atoms. The topological polar surface area (TPSA) is 0 Å². The molecule has 0 N–H and O–H groups in total. The van der Waals surface area contributed by atoms with Crippen LogP contribution in [0.25, 0.3) is 28.0 Å². The molecule has 0 bridgehead atoms. The number of hydrogen-bond acceptors (Lipinski definition) is 0. The van der Waals surface area contributed by atoms with E-state index in [1.165, 1.54) is 33.0 Å². The van der Waals surface area contributed by atoms with Crippen molar-refractivity contribution in [1.29, 1.82) is 0 Å². The summed E-state index contributed by atoms with van der Waals surface area (Å²) in [5, 5.41) is 2.57. The van der Waals surface area contributed by atoms with Gasteiger partial charge >= 0.3 is 0 Å². The molecular weight excluding hydrogens is 240 g/mol. The largest absolute Gasteiger partial charge is 0.0622 e. The zero-order chi connectivity index (χ0) is 13.5. The van der Waals surface area contributed by atoms with Gasteiger partial charge in [-0.05, 0) is 52.4 Å². The molecule has 0 aliphatic heterocycles. The lowest BCUT2D eigenvalue weighted by atomic mass is 9.96. The van der Waals surface area contributed by atoms with Crippen LogP contribution in [0.5, 0.6) is 0 Å². The molecule has 1 aliphatic carbocycles. The number of hydrogen-bond donors (Lipinski definition) is 0. The minimum Gasteiger partial charge on any atom is -0.0622 e. The SMILES string of the molecule is [CH]C1=Cc2c(ccc3ccc(-c4ccccc4)cc23)C1. The van der Waals surface area contributed by atoms with E-state index in [4.69, 9.17) is 6.92 Å². The lowest BCUT2D eigenvalue weighted by molar-refractivity contribution is 1.25. The maximum atomic E-state index is 5.99. The molecule has 0 aromatic heterocycles. The Balaban J connectivity index is 1.98. The third-order valence-electron chi connectivity index (χ3n) is 3.98. The van der Waals surface area contributed by atoms with Crippen LogP contribution < -0.4 is 0 Å². The van der Waals surface area contributed by atoms with E-state index in [-0.39, 0.29) is 0 Å². The highest BCUT2D eigenvalue weighted by atomic mass is 14.2. The Labute approximate surface area is 119 Å². The first kappa shape index (κ1) is 11.5. The average molecular weight is 254 g/mol. The van der Waals surface area contributed by atoms with E-state index in [1.807, 2.05) is 6.07 Å². The summed E-state index contributed by atoms with van der Waals surface area (Å²) in [6, 6.07) is 21.5. The molecule has 3 aromatic rings. The lowest BCUT2D eigenvalue weighted by Gasteiger charge is -2.08. The molecule has 0 spiro atoms. The second-order valence-electron chi connectivity index (χ2n) is 5.34. The highest BCUT2D eigenvalue weighted by Crippen LogP contribution is 2.33. The molecule has 0 atom stereocenters. The summed E-state index contributed by atoms with van der Waals surface area (Å²) in [6.45, 7) is 5.99. The van der Waals surface area contributed by atoms with Crippen molar-refractivity contribution in [3.63, 3.8) is 0 Å². The van der Waals surface area contributed by atoms with Crippen molar-refractivity contribution >= 4 is 16.8 Å². The molecule has 0 fully saturated rings. The van der Waals surface area contributed by atoms with Gasteiger partial charge in [-0.1, -0.05) is 66.2 Å². The second kappa shape index (κ2) is 4.35. The molecule has 0 unspecified atom stereocenters. The van der Waals surface area contributed by atoms with Gasteiger partial charge in [-0.15, -0.1) is 0 Å². The Bertz CT molecular complexity index is 823. The molecular formula is C20H14. The van der Waals surface area contributed by atoms with E-state index < -0.39 is 0 Å². The van der Waals surface area contributed by atoms with Crippen LogP contribution >= 0.6 is 0 Å². The van der Waals surface area contributed by atoms with Crippen molar-refractivity contribution in [2.75, 3.05) is 0 Å². The van der Waals surface area contributed by atoms with Gasteiger partial charge in [-0.2, -0.15) is 0 Å². The Morgan fingerprint density at radius 3 is 2.45 bits per heavy atom. The van der Waals surface area contributed by atoms with Crippen molar-refractivity contribution in [3.8, 4) is 11.1 Å². The summed E-state index contributed by atoms with van der Waals surface area (Å²) < 4.78 is 0. The van der Waals surface area contributed by atoms with Crippen molar-refractivity contribution in [3.05, 3.63) is 84.3 Å². The third kappa shape index (κ3) is 1.77. The minimum absolute atomic E-state index is 0.876. The molecule has 1 aliphatic rings. The summed E-state index contributed by atoms with van der Waals surface area (Å²) in [7, 11) is 0. The van der Waals surface area contributed by atoms with E-state index in [0.717, 1.165) is 12.0 Å². The number of allylic oxidation sites excluding steroid dienone is 1. The smallest absolute Gasteiger partial charge is 0.00529 e. The lowest BCUT2D eigenvalue weighted by Crippen LogP contribution is -1.86. The predicted octanol–water partition coefficient (Wildman–Crippen LogP) is 5.16. The summed E-state index contributed by atoms with van der Waals surface area (Å²) in [5.41, 5.74) is 6.09. The van der Waals surface area contributed by atoms with Gasteiger partial charge in [0.2, 0.25) is 0 Å². The Morgan fingerprint density at radius 1 is 0.800 bits per heavy atom. The molecule has 0 heteroatoms. The summed E-state index contributed by atoms with van der Waals surface area (Å²) in [5.74, 6) is 0. The van der Waals surface area contributed by atoms with E-state index in [9.17, 15) is 0 Å². The molecule has 2 radical (unpaired) electrons. The van der Waals surface area contributed by atoms with Gasteiger partial charge < -0.3 is 0 Å². The number of rotatable bonds is 1. The third-order valence-corrected chi connectivity index (χ3v) is 3.98. The first-order valence-electron chi connectivity index (χ1n) is 6.88. The van der Waals surface area contributed by atoms with Crippen LogP contribution in [0.1, 0.15) is 11.1 Å². The first-order valence-corrected chi connectivity index (χ1v) is 6.88. The molecule has 4 rings (SSSR count). The molecule has 0 nitrogen and oxygen atoms in total. The number of fused-ring (bicyclic) bond motifs is 3. The zero-order valence-corrected chi connectivity index (χ0v) is 11.1. The standard InChI is InChI=1S/C20H14/c1-14-11-18-10-8-16-7-9-17(13-20(16)19(18)12-14)15-5-3-2-4-6-15/h1-10,12-13H,11H2. The Morgan fingerprint density at radius 2 is 1.60 bits per heavy atom. The quantitative estimate of drug-likeness (QED) is 0.563. The summed E-state index contributed by atoms with van der Waals surface area (Å²) in [4.78, 5) is 0. The first-order chi connectivity index (χ1) is 9.81. The summed E-state index contributed by atoms with van der Waals surface area (Å²) in [6.07, 6.45) is 2.99. The molecule has 94 valence electrons. The van der Waals surface area contributed by atoms with Gasteiger partial charge in [0.15, 0.2) is 0 Å². The fourth-order valence-electron chi connectivity index (χ4n) is 2.98. The second-order valence-corrected chi connectivity index (χ2v) is 5.34. The van der Waals surface area contributed by atoms with Gasteiger partial charge in [0.05, 0.1) is 0 Å². The predicted molar refractivity (Wildman–Crippen MR) is 85.4 cm³/mol. The minimum atomic E-state index is 0.876. The fraction of sp³-hybridized carbons (Fsp3) is 0.0500. The van der Waals surface area contributed by atoms with Crippen molar-refractivity contribution in [2.45, 2.75) is 6.42 Å². The zero-order valence-electron chi connectivity index (χ0n) is 11.1. The molecule has 0 saturated carbocycles. The molecule has 0 amide bonds. The monoisotopic (exact) mass is 254 g/mol. The van der Waals surface area contributed by atoms with Crippen LogP contribution in [0.2, 0.25) is 0 Å². The van der Waals surface area contributed by atoms with Crippen LogP contribution in [-0.4, -0.2) is 0 Å². The normalized spacial score (nSPS) is 13.3. The van der Waals surface area contributed by atoms with E-state index in [2.05, 4.69) is 60.7 Å². The number of benzene rings is 3. The van der Waals surface area contributed by atoms with Crippen LogP contribution in [0, 0.1) is 6.92 Å².